The monoisotopic (exact) mass is 349 g/mol. The Morgan fingerprint density at radius 1 is 1.29 bits per heavy atom. The number of likely N-dealkylation sites (tertiary alicyclic amines) is 2. The van der Waals surface area contributed by atoms with Crippen LogP contribution in [0.25, 0.3) is 0 Å². The number of nitrogens with two attached hydrogens (primary N) is 1. The highest BCUT2D eigenvalue weighted by atomic mass is 35.5. The molecule has 3 rings (SSSR count). The molecule has 1 aromatic rings. The molecule has 0 bridgehead atoms. The number of amides is 2. The van der Waals surface area contributed by atoms with E-state index >= 15 is 0 Å². The van der Waals surface area contributed by atoms with Gasteiger partial charge < -0.3 is 10.6 Å². The summed E-state index contributed by atoms with van der Waals surface area (Å²) in [5.41, 5.74) is 7.80. The Morgan fingerprint density at radius 3 is 2.62 bits per heavy atom. The predicted octanol–water partition coefficient (Wildman–Crippen LogP) is 2.09. The average Bonchev–Trinajstić information content (AvgIpc) is 2.94. The van der Waals surface area contributed by atoms with Gasteiger partial charge in [0, 0.05) is 37.1 Å². The molecule has 24 heavy (non-hydrogen) atoms. The molecule has 1 atom stereocenters. The summed E-state index contributed by atoms with van der Waals surface area (Å²) in [6.45, 7) is 4.74. The van der Waals surface area contributed by atoms with Crippen molar-refractivity contribution in [2.75, 3.05) is 13.1 Å². The first-order chi connectivity index (χ1) is 11.5. The van der Waals surface area contributed by atoms with E-state index in [1.807, 2.05) is 13.0 Å². The molecule has 2 aliphatic rings. The zero-order valence-electron chi connectivity index (χ0n) is 14.0. The van der Waals surface area contributed by atoms with Gasteiger partial charge in [0.2, 0.25) is 11.8 Å². The minimum absolute atomic E-state index is 0.0746. The van der Waals surface area contributed by atoms with Crippen LogP contribution in [0.1, 0.15) is 36.8 Å². The molecule has 0 spiro atoms. The molecule has 2 fully saturated rings. The summed E-state index contributed by atoms with van der Waals surface area (Å²) in [7, 11) is 0. The Hall–Kier alpha value is -1.59. The van der Waals surface area contributed by atoms with Crippen LogP contribution in [-0.2, 0) is 16.1 Å². The molecule has 1 aromatic carbocycles. The largest absolute Gasteiger partial charge is 0.368 e. The number of hydrogen-bond acceptors (Lipinski definition) is 3. The molecule has 0 aromatic heterocycles. The molecule has 0 unspecified atom stereocenters. The highest BCUT2D eigenvalue weighted by Gasteiger charge is 2.40. The van der Waals surface area contributed by atoms with E-state index in [4.69, 9.17) is 17.3 Å². The van der Waals surface area contributed by atoms with Crippen molar-refractivity contribution >= 4 is 23.4 Å². The quantitative estimate of drug-likeness (QED) is 0.905. The number of rotatable bonds is 4. The van der Waals surface area contributed by atoms with Gasteiger partial charge in [0.15, 0.2) is 0 Å². The van der Waals surface area contributed by atoms with Gasteiger partial charge in [-0.3, -0.25) is 14.5 Å². The lowest BCUT2D eigenvalue weighted by atomic mass is 10.0. The van der Waals surface area contributed by atoms with Gasteiger partial charge in [-0.1, -0.05) is 23.7 Å². The third-order valence-corrected chi connectivity index (χ3v) is 5.59. The van der Waals surface area contributed by atoms with E-state index in [0.717, 1.165) is 43.1 Å². The van der Waals surface area contributed by atoms with Gasteiger partial charge in [-0.25, -0.2) is 0 Å². The second kappa shape index (κ2) is 7.11. The zero-order valence-corrected chi connectivity index (χ0v) is 14.8. The van der Waals surface area contributed by atoms with Crippen LogP contribution in [0.2, 0.25) is 5.02 Å². The first-order valence-corrected chi connectivity index (χ1v) is 8.91. The van der Waals surface area contributed by atoms with Crippen molar-refractivity contribution < 1.29 is 9.59 Å². The standard InChI is InChI=1S/C18H24ClN3O2/c1-12-10-13(2-3-15(12)19)11-21-8-6-14(7-9-21)22-16(18(20)24)4-5-17(22)23/h2-3,10,14,16H,4-9,11H2,1H3,(H2,20,24)/t16-/m1/s1. The van der Waals surface area contributed by atoms with Gasteiger partial charge >= 0.3 is 0 Å². The fourth-order valence-electron chi connectivity index (χ4n) is 3.86. The maximum Gasteiger partial charge on any atom is 0.240 e. The van der Waals surface area contributed by atoms with Crippen LogP contribution in [0.4, 0.5) is 0 Å². The Balaban J connectivity index is 1.58. The summed E-state index contributed by atoms with van der Waals surface area (Å²) in [4.78, 5) is 27.8. The molecule has 2 aliphatic heterocycles. The number of halogens is 1. The third kappa shape index (κ3) is 3.57. The number of aryl methyl sites for hydroxylation is 1. The Bertz CT molecular complexity index is 641. The lowest BCUT2D eigenvalue weighted by molar-refractivity contribution is -0.137. The Morgan fingerprint density at radius 2 is 2.00 bits per heavy atom. The number of carbonyl (C=O) groups is 2. The molecule has 2 saturated heterocycles. The molecule has 6 heteroatoms. The summed E-state index contributed by atoms with van der Waals surface area (Å²) in [6, 6.07) is 5.86. The molecule has 2 amide bonds. The zero-order chi connectivity index (χ0) is 17.3. The SMILES string of the molecule is Cc1cc(CN2CCC(N3C(=O)CC[C@@H]3C(N)=O)CC2)ccc1Cl. The van der Waals surface area contributed by atoms with Gasteiger partial charge in [0.05, 0.1) is 0 Å². The molecular formula is C18H24ClN3O2. The van der Waals surface area contributed by atoms with Crippen LogP contribution < -0.4 is 5.73 Å². The van der Waals surface area contributed by atoms with Crippen molar-refractivity contribution in [1.82, 2.24) is 9.80 Å². The van der Waals surface area contributed by atoms with Crippen molar-refractivity contribution in [3.8, 4) is 0 Å². The third-order valence-electron chi connectivity index (χ3n) is 5.16. The first-order valence-electron chi connectivity index (χ1n) is 8.53. The van der Waals surface area contributed by atoms with Crippen LogP contribution in [0.3, 0.4) is 0 Å². The van der Waals surface area contributed by atoms with Gasteiger partial charge in [-0.2, -0.15) is 0 Å². The van der Waals surface area contributed by atoms with Gasteiger partial charge in [-0.15, -0.1) is 0 Å². The van der Waals surface area contributed by atoms with E-state index in [-0.39, 0.29) is 17.9 Å². The van der Waals surface area contributed by atoms with Crippen molar-refractivity contribution in [1.29, 1.82) is 0 Å². The molecule has 0 radical (unpaired) electrons. The number of piperidine rings is 1. The summed E-state index contributed by atoms with van der Waals surface area (Å²) in [6.07, 6.45) is 2.79. The highest BCUT2D eigenvalue weighted by Crippen LogP contribution is 2.27. The molecule has 0 aliphatic carbocycles. The summed E-state index contributed by atoms with van der Waals surface area (Å²) in [5.74, 6) is -0.300. The van der Waals surface area contributed by atoms with E-state index < -0.39 is 6.04 Å². The van der Waals surface area contributed by atoms with Crippen molar-refractivity contribution in [3.05, 3.63) is 34.3 Å². The van der Waals surface area contributed by atoms with Crippen LogP contribution in [0.15, 0.2) is 18.2 Å². The van der Waals surface area contributed by atoms with Crippen molar-refractivity contribution in [3.63, 3.8) is 0 Å². The molecular weight excluding hydrogens is 326 g/mol. The fraction of sp³-hybridized carbons (Fsp3) is 0.556. The smallest absolute Gasteiger partial charge is 0.240 e. The molecule has 2 N–H and O–H groups in total. The molecule has 2 heterocycles. The average molecular weight is 350 g/mol. The number of nitrogens with zero attached hydrogens (tertiary/aromatic N) is 2. The first kappa shape index (κ1) is 17.2. The Kier molecular flexibility index (Phi) is 5.11. The number of carbonyl (C=O) groups excluding carboxylic acids is 2. The van der Waals surface area contributed by atoms with Crippen LogP contribution in [0, 0.1) is 6.92 Å². The maximum atomic E-state index is 12.1. The fourth-order valence-corrected chi connectivity index (χ4v) is 3.98. The molecule has 0 saturated carbocycles. The Labute approximate surface area is 147 Å². The van der Waals surface area contributed by atoms with Crippen molar-refractivity contribution in [2.45, 2.75) is 51.2 Å². The van der Waals surface area contributed by atoms with Gasteiger partial charge in [-0.05, 0) is 43.4 Å². The highest BCUT2D eigenvalue weighted by molar-refractivity contribution is 6.31. The topological polar surface area (TPSA) is 66.6 Å². The normalized spacial score (nSPS) is 23.0. The van der Waals surface area contributed by atoms with Gasteiger partial charge in [0.25, 0.3) is 0 Å². The predicted molar refractivity (Wildman–Crippen MR) is 93.6 cm³/mol. The van der Waals surface area contributed by atoms with E-state index in [9.17, 15) is 9.59 Å². The molecule has 5 nitrogen and oxygen atoms in total. The van der Waals surface area contributed by atoms with E-state index in [2.05, 4.69) is 17.0 Å². The lowest BCUT2D eigenvalue weighted by Gasteiger charge is -2.38. The minimum Gasteiger partial charge on any atom is -0.368 e. The summed E-state index contributed by atoms with van der Waals surface area (Å²) >= 11 is 6.08. The van der Waals surface area contributed by atoms with Crippen LogP contribution >= 0.6 is 11.6 Å². The van der Waals surface area contributed by atoms with Crippen LogP contribution in [-0.4, -0.2) is 46.8 Å². The van der Waals surface area contributed by atoms with E-state index in [0.29, 0.717) is 12.8 Å². The van der Waals surface area contributed by atoms with Gasteiger partial charge in [0.1, 0.15) is 6.04 Å². The summed E-state index contributed by atoms with van der Waals surface area (Å²) < 4.78 is 0. The maximum absolute atomic E-state index is 12.1. The van der Waals surface area contributed by atoms with E-state index in [1.54, 1.807) is 4.90 Å². The minimum atomic E-state index is -0.409. The number of primary amides is 1. The lowest BCUT2D eigenvalue weighted by Crippen LogP contribution is -2.51. The van der Waals surface area contributed by atoms with E-state index in [1.165, 1.54) is 5.56 Å². The van der Waals surface area contributed by atoms with Crippen LogP contribution in [0.5, 0.6) is 0 Å². The molecule has 130 valence electrons. The second-order valence-electron chi connectivity index (χ2n) is 6.85. The number of benzene rings is 1. The second-order valence-corrected chi connectivity index (χ2v) is 7.26. The van der Waals surface area contributed by atoms with Crippen molar-refractivity contribution in [2.24, 2.45) is 5.73 Å². The number of hydrogen-bond donors (Lipinski definition) is 1. The summed E-state index contributed by atoms with van der Waals surface area (Å²) in [5, 5.41) is 0.794.